The van der Waals surface area contributed by atoms with Gasteiger partial charge in [0.1, 0.15) is 0 Å². The summed E-state index contributed by atoms with van der Waals surface area (Å²) in [6.07, 6.45) is 0. The van der Waals surface area contributed by atoms with E-state index in [9.17, 15) is 0 Å². The van der Waals surface area contributed by atoms with Crippen molar-refractivity contribution < 1.29 is 18.9 Å². The lowest BCUT2D eigenvalue weighted by atomic mass is 10.2. The Labute approximate surface area is 166 Å². The summed E-state index contributed by atoms with van der Waals surface area (Å²) >= 11 is 3.51. The number of aliphatic imine (C=N–C) groups is 1. The van der Waals surface area contributed by atoms with Crippen LogP contribution in [0.5, 0.6) is 23.0 Å². The first-order valence-electron chi connectivity index (χ1n) is 8.38. The summed E-state index contributed by atoms with van der Waals surface area (Å²) in [6.45, 7) is 1.47. The summed E-state index contributed by atoms with van der Waals surface area (Å²) in [5.74, 6) is 3.59. The Kier molecular flexibility index (Phi) is 6.28. The van der Waals surface area contributed by atoms with Crippen LogP contribution in [-0.2, 0) is 13.1 Å². The van der Waals surface area contributed by atoms with Crippen molar-refractivity contribution in [3.05, 3.63) is 45.9 Å². The lowest BCUT2D eigenvalue weighted by Crippen LogP contribution is -2.36. The first-order valence-corrected chi connectivity index (χ1v) is 9.17. The van der Waals surface area contributed by atoms with Crippen LogP contribution in [0.1, 0.15) is 11.1 Å². The maximum absolute atomic E-state index is 5.41. The van der Waals surface area contributed by atoms with Gasteiger partial charge in [-0.05, 0) is 51.3 Å². The van der Waals surface area contributed by atoms with Crippen LogP contribution in [0.2, 0.25) is 0 Å². The van der Waals surface area contributed by atoms with Crippen LogP contribution < -0.4 is 29.6 Å². The van der Waals surface area contributed by atoms with E-state index in [1.54, 1.807) is 21.3 Å². The summed E-state index contributed by atoms with van der Waals surface area (Å²) in [6, 6.07) is 9.80. The van der Waals surface area contributed by atoms with E-state index >= 15 is 0 Å². The van der Waals surface area contributed by atoms with E-state index in [-0.39, 0.29) is 6.79 Å². The van der Waals surface area contributed by atoms with E-state index < -0.39 is 0 Å². The molecule has 144 valence electrons. The molecule has 0 aliphatic carbocycles. The molecule has 0 radical (unpaired) electrons. The highest BCUT2D eigenvalue weighted by Gasteiger charge is 2.13. The number of hydrogen-bond donors (Lipinski definition) is 2. The van der Waals surface area contributed by atoms with Gasteiger partial charge >= 0.3 is 0 Å². The molecule has 0 amide bonds. The fourth-order valence-corrected chi connectivity index (χ4v) is 3.37. The van der Waals surface area contributed by atoms with Crippen molar-refractivity contribution in [3.8, 4) is 23.0 Å². The summed E-state index contributed by atoms with van der Waals surface area (Å²) in [5.41, 5.74) is 2.11. The van der Waals surface area contributed by atoms with Crippen LogP contribution in [0, 0.1) is 0 Å². The maximum Gasteiger partial charge on any atom is 0.231 e. The molecule has 2 aromatic carbocycles. The molecule has 0 atom stereocenters. The molecule has 7 nitrogen and oxygen atoms in total. The highest BCUT2D eigenvalue weighted by Crippen LogP contribution is 2.36. The third kappa shape index (κ3) is 4.57. The summed E-state index contributed by atoms with van der Waals surface area (Å²) in [7, 11) is 4.97. The Hall–Kier alpha value is -2.61. The van der Waals surface area contributed by atoms with Crippen LogP contribution in [-0.4, -0.2) is 34.0 Å². The topological polar surface area (TPSA) is 73.3 Å². The molecule has 1 aliphatic heterocycles. The molecule has 1 aliphatic rings. The molecule has 0 aromatic heterocycles. The average molecular weight is 436 g/mol. The van der Waals surface area contributed by atoms with Gasteiger partial charge in [-0.25, -0.2) is 0 Å². The second-order valence-electron chi connectivity index (χ2n) is 5.78. The number of methoxy groups -OCH3 is 2. The zero-order valence-electron chi connectivity index (χ0n) is 15.5. The number of ether oxygens (including phenoxy) is 4. The van der Waals surface area contributed by atoms with Gasteiger partial charge in [0.05, 0.1) is 18.7 Å². The molecule has 2 N–H and O–H groups in total. The zero-order valence-corrected chi connectivity index (χ0v) is 17.1. The lowest BCUT2D eigenvalue weighted by molar-refractivity contribution is 0.174. The fourth-order valence-electron chi connectivity index (χ4n) is 2.72. The number of fused-ring (bicyclic) bond motifs is 1. The van der Waals surface area contributed by atoms with Crippen LogP contribution in [0.25, 0.3) is 0 Å². The number of nitrogens with one attached hydrogen (secondary N) is 2. The smallest absolute Gasteiger partial charge is 0.231 e. The molecule has 0 spiro atoms. The first kappa shape index (κ1) is 19.2. The van der Waals surface area contributed by atoms with Gasteiger partial charge in [-0.3, -0.25) is 4.99 Å². The van der Waals surface area contributed by atoms with Crippen molar-refractivity contribution in [2.75, 3.05) is 28.1 Å². The quantitative estimate of drug-likeness (QED) is 0.536. The Morgan fingerprint density at radius 2 is 1.78 bits per heavy atom. The molecule has 0 unspecified atom stereocenters. The number of hydrogen-bond acceptors (Lipinski definition) is 5. The van der Waals surface area contributed by atoms with E-state index in [1.807, 2.05) is 30.3 Å². The van der Waals surface area contributed by atoms with E-state index in [2.05, 4.69) is 31.6 Å². The van der Waals surface area contributed by atoms with Crippen LogP contribution in [0.15, 0.2) is 39.8 Å². The summed E-state index contributed by atoms with van der Waals surface area (Å²) < 4.78 is 22.3. The molecular weight excluding hydrogens is 414 g/mol. The van der Waals surface area contributed by atoms with Gasteiger partial charge in [0.25, 0.3) is 0 Å². The van der Waals surface area contributed by atoms with Gasteiger partial charge in [-0.2, -0.15) is 0 Å². The molecular formula is C19H22BrN3O4. The van der Waals surface area contributed by atoms with E-state index in [1.165, 1.54) is 0 Å². The molecule has 1 heterocycles. The van der Waals surface area contributed by atoms with Crippen LogP contribution in [0.4, 0.5) is 0 Å². The zero-order chi connectivity index (χ0) is 19.2. The Balaban J connectivity index is 1.59. The maximum atomic E-state index is 5.41. The first-order chi connectivity index (χ1) is 13.1. The highest BCUT2D eigenvalue weighted by atomic mass is 79.9. The van der Waals surface area contributed by atoms with Gasteiger partial charge in [0.15, 0.2) is 29.0 Å². The van der Waals surface area contributed by atoms with Crippen molar-refractivity contribution >= 4 is 21.9 Å². The Bertz CT molecular complexity index is 842. The third-order valence-electron chi connectivity index (χ3n) is 4.07. The minimum Gasteiger partial charge on any atom is -0.493 e. The number of rotatable bonds is 6. The van der Waals surface area contributed by atoms with Crippen molar-refractivity contribution in [3.63, 3.8) is 0 Å². The van der Waals surface area contributed by atoms with Gasteiger partial charge in [-0.1, -0.05) is 6.07 Å². The molecule has 3 rings (SSSR count). The van der Waals surface area contributed by atoms with Gasteiger partial charge in [-0.15, -0.1) is 0 Å². The van der Waals surface area contributed by atoms with Crippen molar-refractivity contribution in [1.29, 1.82) is 0 Å². The largest absolute Gasteiger partial charge is 0.493 e. The lowest BCUT2D eigenvalue weighted by Gasteiger charge is -2.15. The Morgan fingerprint density at radius 3 is 2.48 bits per heavy atom. The van der Waals surface area contributed by atoms with E-state index in [0.29, 0.717) is 30.5 Å². The third-order valence-corrected chi connectivity index (χ3v) is 4.66. The molecule has 0 saturated carbocycles. The number of halogens is 1. The van der Waals surface area contributed by atoms with E-state index in [0.717, 1.165) is 27.1 Å². The SMILES string of the molecule is CN=C(NCc1ccc2c(c1)OCO2)NCc1cc(Br)c(OC)c(OC)c1. The summed E-state index contributed by atoms with van der Waals surface area (Å²) in [4.78, 5) is 4.26. The van der Waals surface area contributed by atoms with Gasteiger partial charge in [0.2, 0.25) is 6.79 Å². The standard InChI is InChI=1S/C19H22BrN3O4/c1-21-19(22-9-12-4-5-15-16(7-12)27-11-26-15)23-10-13-6-14(20)18(25-3)17(8-13)24-2/h4-8H,9-11H2,1-3H3,(H2,21,22,23). The average Bonchev–Trinajstić information content (AvgIpc) is 3.15. The Morgan fingerprint density at radius 1 is 1.04 bits per heavy atom. The van der Waals surface area contributed by atoms with Gasteiger partial charge < -0.3 is 29.6 Å². The van der Waals surface area contributed by atoms with Crippen molar-refractivity contribution in [1.82, 2.24) is 10.6 Å². The number of benzene rings is 2. The second-order valence-corrected chi connectivity index (χ2v) is 6.63. The summed E-state index contributed by atoms with van der Waals surface area (Å²) in [5, 5.41) is 6.58. The molecule has 8 heteroatoms. The normalized spacial score (nSPS) is 12.7. The highest BCUT2D eigenvalue weighted by molar-refractivity contribution is 9.10. The van der Waals surface area contributed by atoms with Crippen molar-refractivity contribution in [2.24, 2.45) is 4.99 Å². The minimum absolute atomic E-state index is 0.274. The van der Waals surface area contributed by atoms with Gasteiger partial charge in [0, 0.05) is 20.1 Å². The molecule has 0 saturated heterocycles. The number of nitrogens with zero attached hydrogens (tertiary/aromatic N) is 1. The number of guanidine groups is 1. The predicted octanol–water partition coefficient (Wildman–Crippen LogP) is 3.06. The molecule has 27 heavy (non-hydrogen) atoms. The molecule has 0 fully saturated rings. The predicted molar refractivity (Wildman–Crippen MR) is 107 cm³/mol. The molecule has 2 aromatic rings. The van der Waals surface area contributed by atoms with E-state index in [4.69, 9.17) is 18.9 Å². The second kappa shape index (κ2) is 8.85. The van der Waals surface area contributed by atoms with Crippen LogP contribution in [0.3, 0.4) is 0 Å². The minimum atomic E-state index is 0.274. The monoisotopic (exact) mass is 435 g/mol. The molecule has 0 bridgehead atoms. The fraction of sp³-hybridized carbons (Fsp3) is 0.316. The van der Waals surface area contributed by atoms with Crippen molar-refractivity contribution in [2.45, 2.75) is 13.1 Å². The van der Waals surface area contributed by atoms with Crippen LogP contribution >= 0.6 is 15.9 Å².